The number of hydrogen-bond acceptors (Lipinski definition) is 4. The quantitative estimate of drug-likeness (QED) is 0.797. The Morgan fingerprint density at radius 1 is 1.22 bits per heavy atom. The first-order valence-corrected chi connectivity index (χ1v) is 6.87. The number of aliphatic carboxylic acids is 1. The van der Waals surface area contributed by atoms with Crippen LogP contribution in [0.4, 0.5) is 5.69 Å². The van der Waals surface area contributed by atoms with E-state index in [-0.39, 0.29) is 11.5 Å². The predicted octanol–water partition coefficient (Wildman–Crippen LogP) is 0.740. The van der Waals surface area contributed by atoms with Crippen LogP contribution in [0.3, 0.4) is 0 Å². The average Bonchev–Trinajstić information content (AvgIpc) is 2.24. The van der Waals surface area contributed by atoms with E-state index in [0.29, 0.717) is 5.56 Å². The lowest BCUT2D eigenvalue weighted by Gasteiger charge is -2.20. The molecule has 0 aliphatic rings. The van der Waals surface area contributed by atoms with Crippen LogP contribution in [0.1, 0.15) is 17.3 Å². The van der Waals surface area contributed by atoms with Crippen molar-refractivity contribution in [2.24, 2.45) is 0 Å². The zero-order valence-corrected chi connectivity index (χ0v) is 10.8. The second kappa shape index (κ2) is 5.18. The van der Waals surface area contributed by atoms with Crippen LogP contribution in [0.2, 0.25) is 0 Å². The number of sulfonamides is 1. The van der Waals surface area contributed by atoms with Crippen LogP contribution in [0.15, 0.2) is 24.3 Å². The highest BCUT2D eigenvalue weighted by atomic mass is 32.2. The molecular formula is C11H13NO5S. The van der Waals surface area contributed by atoms with Crippen LogP contribution in [0.5, 0.6) is 0 Å². The first-order chi connectivity index (χ1) is 8.21. The van der Waals surface area contributed by atoms with E-state index in [4.69, 9.17) is 5.11 Å². The molecule has 0 heterocycles. The molecule has 0 aromatic heterocycles. The molecule has 1 aromatic rings. The second-order valence-electron chi connectivity index (χ2n) is 3.77. The number of carbonyl (C=O) groups is 2. The van der Waals surface area contributed by atoms with Gasteiger partial charge < -0.3 is 5.11 Å². The molecule has 0 saturated carbocycles. The third kappa shape index (κ3) is 3.56. The number of carbonyl (C=O) groups excluding carboxylic acids is 1. The molecule has 0 radical (unpaired) electrons. The summed E-state index contributed by atoms with van der Waals surface area (Å²) in [7, 11) is -3.68. The minimum absolute atomic E-state index is 0.148. The summed E-state index contributed by atoms with van der Waals surface area (Å²) in [6.07, 6.45) is 0.925. The van der Waals surface area contributed by atoms with E-state index < -0.39 is 22.5 Å². The van der Waals surface area contributed by atoms with E-state index in [0.717, 1.165) is 10.6 Å². The fourth-order valence-electron chi connectivity index (χ4n) is 1.39. The summed E-state index contributed by atoms with van der Waals surface area (Å²) < 4.78 is 23.7. The summed E-state index contributed by atoms with van der Waals surface area (Å²) in [5, 5.41) is 8.69. The molecule has 18 heavy (non-hydrogen) atoms. The van der Waals surface area contributed by atoms with Gasteiger partial charge in [-0.25, -0.2) is 8.42 Å². The van der Waals surface area contributed by atoms with Gasteiger partial charge in [0.05, 0.1) is 11.9 Å². The first kappa shape index (κ1) is 14.2. The lowest BCUT2D eigenvalue weighted by molar-refractivity contribution is -0.135. The third-order valence-electron chi connectivity index (χ3n) is 2.24. The summed E-state index contributed by atoms with van der Waals surface area (Å²) in [4.78, 5) is 21.7. The normalized spacial score (nSPS) is 11.0. The van der Waals surface area contributed by atoms with E-state index in [1.54, 1.807) is 0 Å². The Labute approximate surface area is 105 Å². The van der Waals surface area contributed by atoms with E-state index in [2.05, 4.69) is 0 Å². The SMILES string of the molecule is CC(=O)c1ccc(N(CC(=O)O)S(C)(=O)=O)cc1. The molecule has 1 N–H and O–H groups in total. The van der Waals surface area contributed by atoms with E-state index in [1.807, 2.05) is 0 Å². The minimum atomic E-state index is -3.68. The lowest BCUT2D eigenvalue weighted by Crippen LogP contribution is -2.34. The van der Waals surface area contributed by atoms with Gasteiger partial charge in [0.15, 0.2) is 5.78 Å². The molecule has 0 amide bonds. The Hall–Kier alpha value is -1.89. The minimum Gasteiger partial charge on any atom is -0.480 e. The molecule has 1 rings (SSSR count). The standard InChI is InChI=1S/C11H13NO5S/c1-8(13)9-3-5-10(6-4-9)12(7-11(14)15)18(2,16)17/h3-6H,7H2,1-2H3,(H,14,15). The van der Waals surface area contributed by atoms with Gasteiger partial charge in [0.2, 0.25) is 10.0 Å². The predicted molar refractivity (Wildman–Crippen MR) is 66.3 cm³/mol. The van der Waals surface area contributed by atoms with Gasteiger partial charge >= 0.3 is 5.97 Å². The number of ketones is 1. The van der Waals surface area contributed by atoms with Crippen molar-refractivity contribution in [3.8, 4) is 0 Å². The van der Waals surface area contributed by atoms with Crippen molar-refractivity contribution in [2.75, 3.05) is 17.1 Å². The maximum absolute atomic E-state index is 11.5. The van der Waals surface area contributed by atoms with Crippen molar-refractivity contribution in [3.05, 3.63) is 29.8 Å². The Balaban J connectivity index is 3.14. The molecule has 98 valence electrons. The highest BCUT2D eigenvalue weighted by molar-refractivity contribution is 7.92. The van der Waals surface area contributed by atoms with Crippen molar-refractivity contribution in [2.45, 2.75) is 6.92 Å². The van der Waals surface area contributed by atoms with Crippen molar-refractivity contribution in [3.63, 3.8) is 0 Å². The number of rotatable bonds is 5. The van der Waals surface area contributed by atoms with Gasteiger partial charge in [-0.3, -0.25) is 13.9 Å². The van der Waals surface area contributed by atoms with Gasteiger partial charge in [0.25, 0.3) is 0 Å². The largest absolute Gasteiger partial charge is 0.480 e. The smallest absolute Gasteiger partial charge is 0.324 e. The number of carboxylic acid groups (broad SMARTS) is 1. The molecular weight excluding hydrogens is 258 g/mol. The summed E-state index contributed by atoms with van der Waals surface area (Å²) in [6, 6.07) is 5.72. The molecule has 0 spiro atoms. The number of anilines is 1. The number of hydrogen-bond donors (Lipinski definition) is 1. The number of nitrogens with zero attached hydrogens (tertiary/aromatic N) is 1. The second-order valence-corrected chi connectivity index (χ2v) is 5.67. The molecule has 0 aliphatic carbocycles. The van der Waals surface area contributed by atoms with E-state index in [1.165, 1.54) is 31.2 Å². The van der Waals surface area contributed by atoms with Crippen molar-refractivity contribution in [1.29, 1.82) is 0 Å². The van der Waals surface area contributed by atoms with E-state index in [9.17, 15) is 18.0 Å². The van der Waals surface area contributed by atoms with Gasteiger partial charge in [-0.05, 0) is 31.2 Å². The summed E-state index contributed by atoms with van der Waals surface area (Å²) in [5.41, 5.74) is 0.646. The van der Waals surface area contributed by atoms with Crippen LogP contribution >= 0.6 is 0 Å². The molecule has 0 saturated heterocycles. The summed E-state index contributed by atoms with van der Waals surface area (Å²) in [5.74, 6) is -1.40. The van der Waals surface area contributed by atoms with Crippen molar-refractivity contribution >= 4 is 27.5 Å². The van der Waals surface area contributed by atoms with E-state index >= 15 is 0 Å². The van der Waals surface area contributed by atoms with Crippen LogP contribution in [0.25, 0.3) is 0 Å². The zero-order valence-electron chi connectivity index (χ0n) is 9.95. The number of benzene rings is 1. The molecule has 0 unspecified atom stereocenters. The maximum Gasteiger partial charge on any atom is 0.324 e. The molecule has 1 aromatic carbocycles. The lowest BCUT2D eigenvalue weighted by atomic mass is 10.1. The van der Waals surface area contributed by atoms with Crippen LogP contribution in [0, 0.1) is 0 Å². The third-order valence-corrected chi connectivity index (χ3v) is 3.38. The van der Waals surface area contributed by atoms with Gasteiger partial charge in [-0.1, -0.05) is 0 Å². The van der Waals surface area contributed by atoms with Crippen LogP contribution in [-0.4, -0.2) is 38.1 Å². The molecule has 7 heteroatoms. The van der Waals surface area contributed by atoms with Gasteiger partial charge in [-0.15, -0.1) is 0 Å². The van der Waals surface area contributed by atoms with Crippen molar-refractivity contribution < 1.29 is 23.1 Å². The Morgan fingerprint density at radius 2 is 1.72 bits per heavy atom. The first-order valence-electron chi connectivity index (χ1n) is 5.02. The molecule has 0 atom stereocenters. The van der Waals surface area contributed by atoms with Crippen molar-refractivity contribution in [1.82, 2.24) is 0 Å². The van der Waals surface area contributed by atoms with Crippen LogP contribution in [-0.2, 0) is 14.8 Å². The number of Topliss-reactive ketones (excluding diaryl/α,β-unsaturated/α-hetero) is 1. The Morgan fingerprint density at radius 3 is 2.06 bits per heavy atom. The maximum atomic E-state index is 11.5. The molecule has 0 fully saturated rings. The van der Waals surface area contributed by atoms with Gasteiger partial charge in [0, 0.05) is 5.56 Å². The molecule has 0 aliphatic heterocycles. The topological polar surface area (TPSA) is 91.8 Å². The molecule has 0 bridgehead atoms. The number of carboxylic acids is 1. The van der Waals surface area contributed by atoms with Crippen LogP contribution < -0.4 is 4.31 Å². The zero-order chi connectivity index (χ0) is 13.9. The highest BCUT2D eigenvalue weighted by Gasteiger charge is 2.20. The fraction of sp³-hybridized carbons (Fsp3) is 0.273. The summed E-state index contributed by atoms with van der Waals surface area (Å²) >= 11 is 0. The Kier molecular flexibility index (Phi) is 4.07. The highest BCUT2D eigenvalue weighted by Crippen LogP contribution is 2.18. The fourth-order valence-corrected chi connectivity index (χ4v) is 2.23. The summed E-state index contributed by atoms with van der Waals surface area (Å²) in [6.45, 7) is 0.735. The van der Waals surface area contributed by atoms with Gasteiger partial charge in [-0.2, -0.15) is 0 Å². The average molecular weight is 271 g/mol. The Bertz CT molecular complexity index is 562. The molecule has 6 nitrogen and oxygen atoms in total. The van der Waals surface area contributed by atoms with Gasteiger partial charge in [0.1, 0.15) is 6.54 Å². The monoisotopic (exact) mass is 271 g/mol.